The molecule has 0 aromatic carbocycles. The van der Waals surface area contributed by atoms with E-state index in [4.69, 9.17) is 9.79 Å². The lowest BCUT2D eigenvalue weighted by Crippen LogP contribution is -2.31. The van der Waals surface area contributed by atoms with Crippen LogP contribution in [0.1, 0.15) is 6.42 Å². The van der Waals surface area contributed by atoms with Gasteiger partial charge in [0.05, 0.1) is 11.6 Å². The van der Waals surface area contributed by atoms with E-state index >= 15 is 0 Å². The molecular weight excluding hydrogens is 245 g/mol. The molecule has 1 aliphatic heterocycles. The summed E-state index contributed by atoms with van der Waals surface area (Å²) in [6.07, 6.45) is 0.413. The summed E-state index contributed by atoms with van der Waals surface area (Å²) < 4.78 is 33.4. The smallest absolute Gasteiger partial charge is 0.324 e. The van der Waals surface area contributed by atoms with Crippen molar-refractivity contribution in [2.45, 2.75) is 6.42 Å². The molecule has 0 unspecified atom stereocenters. The molecule has 15 heavy (non-hydrogen) atoms. The van der Waals surface area contributed by atoms with E-state index in [1.54, 1.807) is 0 Å². The Morgan fingerprint density at radius 2 is 2.00 bits per heavy atom. The maximum atomic E-state index is 11.2. The number of hydrogen-bond donors (Lipinski definition) is 2. The first-order valence-corrected chi connectivity index (χ1v) is 7.32. The lowest BCUT2D eigenvalue weighted by Gasteiger charge is -2.14. The second kappa shape index (κ2) is 4.05. The Hall–Kier alpha value is -0.690. The summed E-state index contributed by atoms with van der Waals surface area (Å²) in [6.45, 7) is -0.209. The first-order chi connectivity index (χ1) is 6.72. The van der Waals surface area contributed by atoms with Crippen LogP contribution in [0.2, 0.25) is 0 Å². The van der Waals surface area contributed by atoms with Gasteiger partial charge in [0.2, 0.25) is 0 Å². The van der Waals surface area contributed by atoms with Crippen LogP contribution in [0.5, 0.6) is 0 Å². The summed E-state index contributed by atoms with van der Waals surface area (Å²) in [5.74, 6) is -0.680. The minimum Gasteiger partial charge on any atom is -0.324 e. The highest BCUT2D eigenvalue weighted by Gasteiger charge is 2.29. The molecule has 1 heterocycles. The van der Waals surface area contributed by atoms with Crippen LogP contribution in [0.3, 0.4) is 0 Å². The van der Waals surface area contributed by atoms with E-state index in [1.165, 1.54) is 0 Å². The summed E-state index contributed by atoms with van der Waals surface area (Å²) in [4.78, 5) is 28.1. The number of rotatable bonds is 4. The minimum absolute atomic E-state index is 0.0586. The number of amides is 1. The van der Waals surface area contributed by atoms with Gasteiger partial charge in [0, 0.05) is 12.6 Å². The first kappa shape index (κ1) is 12.4. The Balaban J connectivity index is 2.54. The highest BCUT2D eigenvalue weighted by atomic mass is 32.2. The van der Waals surface area contributed by atoms with Crippen molar-refractivity contribution in [2.75, 3.05) is 12.7 Å². The van der Waals surface area contributed by atoms with Crippen molar-refractivity contribution in [1.29, 1.82) is 0 Å². The molecule has 0 aromatic heterocycles. The van der Waals surface area contributed by atoms with Crippen molar-refractivity contribution in [1.82, 2.24) is 4.31 Å². The topological polar surface area (TPSA) is 112 Å². The fourth-order valence-corrected chi connectivity index (χ4v) is 2.77. The molecule has 1 rings (SSSR count). The predicted octanol–water partition coefficient (Wildman–Crippen LogP) is -0.760. The van der Waals surface area contributed by atoms with Crippen molar-refractivity contribution in [2.24, 2.45) is 0 Å². The third-order valence-corrected chi connectivity index (χ3v) is 4.10. The molecule has 2 N–H and O–H groups in total. The molecule has 9 heteroatoms. The predicted molar refractivity (Wildman–Crippen MR) is 51.3 cm³/mol. The van der Waals surface area contributed by atoms with Crippen LogP contribution < -0.4 is 0 Å². The monoisotopic (exact) mass is 255 g/mol. The lowest BCUT2D eigenvalue weighted by molar-refractivity contribution is -0.121. The molecule has 0 saturated heterocycles. The van der Waals surface area contributed by atoms with Crippen molar-refractivity contribution < 1.29 is 27.6 Å². The van der Waals surface area contributed by atoms with E-state index in [1.807, 2.05) is 0 Å². The zero-order valence-corrected chi connectivity index (χ0v) is 9.32. The maximum Gasteiger partial charge on any atom is 0.325 e. The molecule has 0 fully saturated rings. The molecule has 0 bridgehead atoms. The highest BCUT2D eigenvalue weighted by Crippen LogP contribution is 2.35. The number of carbonyl (C=O) groups excluding carboxylic acids is 1. The minimum atomic E-state index is -4.14. The van der Waals surface area contributed by atoms with Gasteiger partial charge in [-0.3, -0.25) is 9.36 Å². The molecule has 86 valence electrons. The molecule has 0 spiro atoms. The van der Waals surface area contributed by atoms with Crippen molar-refractivity contribution in [3.63, 3.8) is 0 Å². The normalized spacial score (nSPS) is 19.9. The summed E-state index contributed by atoms with van der Waals surface area (Å²) in [5, 5.41) is 0.771. The van der Waals surface area contributed by atoms with E-state index in [2.05, 4.69) is 0 Å². The number of nitrogens with zero attached hydrogens (tertiary/aromatic N) is 1. The molecule has 0 atom stereocenters. The van der Waals surface area contributed by atoms with Gasteiger partial charge in [-0.15, -0.1) is 0 Å². The molecule has 1 amide bonds. The van der Waals surface area contributed by atoms with Gasteiger partial charge in [-0.05, 0) is 6.42 Å². The van der Waals surface area contributed by atoms with Crippen LogP contribution in [0, 0.1) is 0 Å². The summed E-state index contributed by atoms with van der Waals surface area (Å²) in [7, 11) is -7.84. The van der Waals surface area contributed by atoms with E-state index in [9.17, 15) is 17.8 Å². The second-order valence-corrected chi connectivity index (χ2v) is 6.52. The van der Waals surface area contributed by atoms with Crippen molar-refractivity contribution >= 4 is 23.5 Å². The fourth-order valence-electron chi connectivity index (χ4n) is 1.08. The third kappa shape index (κ3) is 3.42. The van der Waals surface area contributed by atoms with Gasteiger partial charge in [-0.25, -0.2) is 12.7 Å². The second-order valence-electron chi connectivity index (χ2n) is 3.00. The van der Waals surface area contributed by atoms with Crippen LogP contribution in [0.4, 0.5) is 0 Å². The standard InChI is InChI=1S/C6H10NO6PS/c8-6-2-5-15(12,13)7(6)3-1-4-14(9,10)11/h2,5H,1,3-4H2,(H2,9,10,11). The van der Waals surface area contributed by atoms with Gasteiger partial charge in [0.1, 0.15) is 0 Å². The summed E-state index contributed by atoms with van der Waals surface area (Å²) in [6, 6.07) is 0. The molecular formula is C6H10NO6PS. The van der Waals surface area contributed by atoms with Crippen LogP contribution >= 0.6 is 7.60 Å². The van der Waals surface area contributed by atoms with E-state index in [-0.39, 0.29) is 13.0 Å². The fraction of sp³-hybridized carbons (Fsp3) is 0.500. The Kier molecular flexibility index (Phi) is 3.34. The van der Waals surface area contributed by atoms with Gasteiger partial charge < -0.3 is 9.79 Å². The molecule has 1 aliphatic rings. The number of carbonyl (C=O) groups is 1. The van der Waals surface area contributed by atoms with Crippen LogP contribution in [0.25, 0.3) is 0 Å². The van der Waals surface area contributed by atoms with Crippen LogP contribution in [0.15, 0.2) is 11.5 Å². The van der Waals surface area contributed by atoms with Gasteiger partial charge in [0.25, 0.3) is 15.9 Å². The van der Waals surface area contributed by atoms with Crippen molar-refractivity contribution in [3.8, 4) is 0 Å². The molecule has 0 radical (unpaired) electrons. The van der Waals surface area contributed by atoms with Crippen LogP contribution in [-0.4, -0.2) is 41.1 Å². The number of sulfonamides is 1. The SMILES string of the molecule is O=C1C=CS(=O)(=O)N1CCCP(=O)(O)O. The zero-order valence-electron chi connectivity index (χ0n) is 7.61. The average Bonchev–Trinajstić information content (AvgIpc) is 2.29. The van der Waals surface area contributed by atoms with Gasteiger partial charge in [-0.2, -0.15) is 0 Å². The average molecular weight is 255 g/mol. The van der Waals surface area contributed by atoms with Gasteiger partial charge in [-0.1, -0.05) is 0 Å². The molecule has 0 aliphatic carbocycles. The van der Waals surface area contributed by atoms with Crippen LogP contribution in [-0.2, 0) is 19.4 Å². The Morgan fingerprint density at radius 1 is 1.40 bits per heavy atom. The largest absolute Gasteiger partial charge is 0.325 e. The van der Waals surface area contributed by atoms with E-state index in [0.29, 0.717) is 4.31 Å². The summed E-state index contributed by atoms with van der Waals surface area (Å²) in [5.41, 5.74) is 0. The maximum absolute atomic E-state index is 11.2. The third-order valence-electron chi connectivity index (χ3n) is 1.75. The van der Waals surface area contributed by atoms with E-state index in [0.717, 1.165) is 11.5 Å². The first-order valence-electron chi connectivity index (χ1n) is 4.02. The lowest BCUT2D eigenvalue weighted by atomic mass is 10.4. The van der Waals surface area contributed by atoms with E-state index < -0.39 is 29.7 Å². The Bertz CT molecular complexity index is 435. The quantitative estimate of drug-likeness (QED) is 0.638. The van der Waals surface area contributed by atoms with Gasteiger partial charge in [0.15, 0.2) is 0 Å². The molecule has 0 saturated carbocycles. The molecule has 0 aromatic rings. The Morgan fingerprint density at radius 3 is 2.40 bits per heavy atom. The van der Waals surface area contributed by atoms with Crippen molar-refractivity contribution in [3.05, 3.63) is 11.5 Å². The van der Waals surface area contributed by atoms with Gasteiger partial charge >= 0.3 is 7.60 Å². The molecule has 7 nitrogen and oxygen atoms in total. The highest BCUT2D eigenvalue weighted by molar-refractivity contribution is 7.93. The summed E-state index contributed by atoms with van der Waals surface area (Å²) >= 11 is 0. The Labute approximate surface area is 86.6 Å². The number of hydrogen-bond acceptors (Lipinski definition) is 4. The zero-order chi connectivity index (χ0) is 11.7.